The van der Waals surface area contributed by atoms with Gasteiger partial charge in [-0.25, -0.2) is 4.98 Å². The molecule has 0 aliphatic rings. The molecule has 0 saturated carbocycles. The summed E-state index contributed by atoms with van der Waals surface area (Å²) in [6.45, 7) is 7.16. The molecule has 0 radical (unpaired) electrons. The zero-order valence-electron chi connectivity index (χ0n) is 10.5. The van der Waals surface area contributed by atoms with Gasteiger partial charge in [0, 0.05) is 28.1 Å². The van der Waals surface area contributed by atoms with E-state index in [1.807, 2.05) is 0 Å². The summed E-state index contributed by atoms with van der Waals surface area (Å²) in [5, 5.41) is 3.29. The van der Waals surface area contributed by atoms with Gasteiger partial charge in [0.25, 0.3) is 0 Å². The minimum atomic E-state index is 0.0822. The van der Waals surface area contributed by atoms with Gasteiger partial charge in [-0.05, 0) is 11.4 Å². The second-order valence-corrected chi connectivity index (χ2v) is 7.29. The van der Waals surface area contributed by atoms with E-state index in [1.54, 1.807) is 22.7 Å². The molecule has 0 aromatic carbocycles. The third kappa shape index (κ3) is 2.94. The molecule has 92 valence electrons. The first-order chi connectivity index (χ1) is 8.00. The lowest BCUT2D eigenvalue weighted by Crippen LogP contribution is -2.15. The lowest BCUT2D eigenvalue weighted by Gasteiger charge is -2.16. The summed E-state index contributed by atoms with van der Waals surface area (Å²) in [6.07, 6.45) is 0.936. The highest BCUT2D eigenvalue weighted by Gasteiger charge is 2.22. The molecular weight excluding hydrogens is 248 g/mol. The Balaban J connectivity index is 2.28. The van der Waals surface area contributed by atoms with Gasteiger partial charge in [-0.2, -0.15) is 0 Å². The fourth-order valence-electron chi connectivity index (χ4n) is 1.76. The minimum absolute atomic E-state index is 0.0822. The third-order valence-corrected chi connectivity index (χ3v) is 4.50. The molecule has 0 spiro atoms. The van der Waals surface area contributed by atoms with E-state index in [2.05, 4.69) is 38.3 Å². The molecule has 2 aromatic rings. The molecule has 2 heterocycles. The van der Waals surface area contributed by atoms with E-state index in [4.69, 9.17) is 10.7 Å². The summed E-state index contributed by atoms with van der Waals surface area (Å²) in [7, 11) is 0. The average molecular weight is 266 g/mol. The highest BCUT2D eigenvalue weighted by Crippen LogP contribution is 2.30. The van der Waals surface area contributed by atoms with Gasteiger partial charge in [-0.3, -0.25) is 0 Å². The van der Waals surface area contributed by atoms with Gasteiger partial charge in [0.05, 0.1) is 10.7 Å². The number of nitrogens with two attached hydrogens (primary N) is 1. The molecule has 0 amide bonds. The molecule has 0 fully saturated rings. The van der Waals surface area contributed by atoms with E-state index in [0.29, 0.717) is 6.54 Å². The summed E-state index contributed by atoms with van der Waals surface area (Å²) >= 11 is 3.54. The fraction of sp³-hybridized carbons (Fsp3) is 0.462. The second kappa shape index (κ2) is 4.88. The molecule has 0 unspecified atom stereocenters. The van der Waals surface area contributed by atoms with Crippen LogP contribution in [0.2, 0.25) is 0 Å². The standard InChI is InChI=1S/C13H18N2S2/c1-13(2,3)12-10(8-14)17-11(15-12)7-9-5-4-6-16-9/h4-6H,7-8,14H2,1-3H3. The molecule has 0 aliphatic heterocycles. The predicted octanol–water partition coefficient (Wildman–Crippen LogP) is 3.55. The van der Waals surface area contributed by atoms with Gasteiger partial charge in [-0.15, -0.1) is 22.7 Å². The third-order valence-electron chi connectivity index (χ3n) is 2.54. The van der Waals surface area contributed by atoms with Crippen molar-refractivity contribution in [3.05, 3.63) is 38.0 Å². The van der Waals surface area contributed by atoms with Crippen molar-refractivity contribution >= 4 is 22.7 Å². The Kier molecular flexibility index (Phi) is 3.66. The Morgan fingerprint density at radius 3 is 2.59 bits per heavy atom. The van der Waals surface area contributed by atoms with Crippen LogP contribution in [0, 0.1) is 0 Å². The Morgan fingerprint density at radius 2 is 2.12 bits per heavy atom. The first-order valence-corrected chi connectivity index (χ1v) is 7.42. The van der Waals surface area contributed by atoms with Crippen molar-refractivity contribution in [2.45, 2.75) is 39.2 Å². The van der Waals surface area contributed by atoms with Crippen molar-refractivity contribution < 1.29 is 0 Å². The molecule has 2 rings (SSSR count). The van der Waals surface area contributed by atoms with Crippen LogP contribution in [-0.4, -0.2) is 4.98 Å². The molecule has 4 heteroatoms. The van der Waals surface area contributed by atoms with E-state index < -0.39 is 0 Å². The topological polar surface area (TPSA) is 38.9 Å². The molecule has 2 aromatic heterocycles. The number of thiazole rings is 1. The van der Waals surface area contributed by atoms with Crippen molar-refractivity contribution in [3.8, 4) is 0 Å². The zero-order valence-corrected chi connectivity index (χ0v) is 12.1. The SMILES string of the molecule is CC(C)(C)c1nc(Cc2cccs2)sc1CN. The molecule has 0 saturated heterocycles. The number of aromatic nitrogens is 1. The van der Waals surface area contributed by atoms with Crippen LogP contribution in [0.25, 0.3) is 0 Å². The lowest BCUT2D eigenvalue weighted by molar-refractivity contribution is 0.565. The monoisotopic (exact) mass is 266 g/mol. The van der Waals surface area contributed by atoms with Gasteiger partial charge < -0.3 is 5.73 Å². The maximum atomic E-state index is 5.81. The summed E-state index contributed by atoms with van der Waals surface area (Å²) < 4.78 is 0. The largest absolute Gasteiger partial charge is 0.326 e. The number of hydrogen-bond acceptors (Lipinski definition) is 4. The van der Waals surface area contributed by atoms with Crippen LogP contribution in [0.3, 0.4) is 0 Å². The molecule has 0 atom stereocenters. The highest BCUT2D eigenvalue weighted by atomic mass is 32.1. The number of nitrogens with zero attached hydrogens (tertiary/aromatic N) is 1. The van der Waals surface area contributed by atoms with Gasteiger partial charge >= 0.3 is 0 Å². The first-order valence-electron chi connectivity index (χ1n) is 5.72. The van der Waals surface area contributed by atoms with Crippen LogP contribution in [0.5, 0.6) is 0 Å². The van der Waals surface area contributed by atoms with Crippen LogP contribution in [-0.2, 0) is 18.4 Å². The van der Waals surface area contributed by atoms with Crippen LogP contribution in [0.4, 0.5) is 0 Å². The Morgan fingerprint density at radius 1 is 1.35 bits per heavy atom. The molecule has 0 aliphatic carbocycles. The quantitative estimate of drug-likeness (QED) is 0.922. The van der Waals surface area contributed by atoms with Crippen LogP contribution in [0.1, 0.15) is 41.2 Å². The first kappa shape index (κ1) is 12.7. The Labute approximate surface area is 111 Å². The summed E-state index contributed by atoms with van der Waals surface area (Å²) in [4.78, 5) is 7.36. The van der Waals surface area contributed by atoms with Crippen molar-refractivity contribution in [3.63, 3.8) is 0 Å². The van der Waals surface area contributed by atoms with Crippen molar-refractivity contribution in [2.75, 3.05) is 0 Å². The number of hydrogen-bond donors (Lipinski definition) is 1. The second-order valence-electron chi connectivity index (χ2n) is 5.09. The normalized spacial score (nSPS) is 12.0. The van der Waals surface area contributed by atoms with E-state index in [0.717, 1.165) is 12.1 Å². The predicted molar refractivity (Wildman–Crippen MR) is 75.8 cm³/mol. The van der Waals surface area contributed by atoms with Crippen LogP contribution >= 0.6 is 22.7 Å². The smallest absolute Gasteiger partial charge is 0.0983 e. The summed E-state index contributed by atoms with van der Waals surface area (Å²) in [6, 6.07) is 4.24. The Bertz CT molecular complexity index is 478. The van der Waals surface area contributed by atoms with Crippen LogP contribution in [0.15, 0.2) is 17.5 Å². The van der Waals surface area contributed by atoms with E-state index in [1.165, 1.54) is 14.8 Å². The Hall–Kier alpha value is -0.710. The van der Waals surface area contributed by atoms with Crippen molar-refractivity contribution in [2.24, 2.45) is 5.73 Å². The molecule has 2 nitrogen and oxygen atoms in total. The van der Waals surface area contributed by atoms with Crippen LogP contribution < -0.4 is 5.73 Å². The van der Waals surface area contributed by atoms with Gasteiger partial charge in [0.15, 0.2) is 0 Å². The maximum absolute atomic E-state index is 5.81. The summed E-state index contributed by atoms with van der Waals surface area (Å²) in [5.74, 6) is 0. The van der Waals surface area contributed by atoms with Crippen molar-refractivity contribution in [1.82, 2.24) is 4.98 Å². The van der Waals surface area contributed by atoms with Gasteiger partial charge in [0.2, 0.25) is 0 Å². The minimum Gasteiger partial charge on any atom is -0.326 e. The molecule has 2 N–H and O–H groups in total. The lowest BCUT2D eigenvalue weighted by atomic mass is 9.91. The molecular formula is C13H18N2S2. The fourth-order valence-corrected chi connectivity index (χ4v) is 3.74. The number of rotatable bonds is 3. The molecule has 0 bridgehead atoms. The number of thiophene rings is 1. The summed E-state index contributed by atoms with van der Waals surface area (Å²) in [5.41, 5.74) is 7.05. The van der Waals surface area contributed by atoms with E-state index in [-0.39, 0.29) is 5.41 Å². The highest BCUT2D eigenvalue weighted by molar-refractivity contribution is 7.12. The zero-order chi connectivity index (χ0) is 12.5. The van der Waals surface area contributed by atoms with E-state index >= 15 is 0 Å². The van der Waals surface area contributed by atoms with Crippen molar-refractivity contribution in [1.29, 1.82) is 0 Å². The average Bonchev–Trinajstić information content (AvgIpc) is 2.86. The molecule has 17 heavy (non-hydrogen) atoms. The van der Waals surface area contributed by atoms with Gasteiger partial charge in [0.1, 0.15) is 0 Å². The maximum Gasteiger partial charge on any atom is 0.0983 e. The van der Waals surface area contributed by atoms with Gasteiger partial charge in [-0.1, -0.05) is 26.8 Å². The van der Waals surface area contributed by atoms with E-state index in [9.17, 15) is 0 Å².